The fourth-order valence-corrected chi connectivity index (χ4v) is 2.36. The molecule has 1 aliphatic carbocycles. The molecule has 2 atom stereocenters. The molecule has 2 aromatic heterocycles. The number of H-pyrrole nitrogens is 1. The Bertz CT molecular complexity index is 712. The average molecular weight is 239 g/mol. The fraction of sp³-hybridized carbons (Fsp3) is 0.286. The van der Waals surface area contributed by atoms with E-state index in [1.807, 2.05) is 24.4 Å². The van der Waals surface area contributed by atoms with Crippen LogP contribution in [0.4, 0.5) is 0 Å². The van der Waals surface area contributed by atoms with E-state index in [9.17, 15) is 0 Å². The summed E-state index contributed by atoms with van der Waals surface area (Å²) in [5, 5.41) is 5.24. The monoisotopic (exact) mass is 239 g/mol. The summed E-state index contributed by atoms with van der Waals surface area (Å²) in [7, 11) is 0. The van der Waals surface area contributed by atoms with Crippen LogP contribution >= 0.6 is 0 Å². The summed E-state index contributed by atoms with van der Waals surface area (Å²) < 4.78 is 5.34. The summed E-state index contributed by atoms with van der Waals surface area (Å²) in [6.45, 7) is 2.21. The third kappa shape index (κ3) is 1.45. The van der Waals surface area contributed by atoms with Crippen molar-refractivity contribution in [2.75, 3.05) is 0 Å². The van der Waals surface area contributed by atoms with Gasteiger partial charge in [-0.1, -0.05) is 12.1 Å². The molecular weight excluding hydrogens is 226 g/mol. The van der Waals surface area contributed by atoms with E-state index >= 15 is 0 Å². The van der Waals surface area contributed by atoms with Crippen LogP contribution in [0, 0.1) is 5.92 Å². The van der Waals surface area contributed by atoms with Crippen LogP contribution in [0.3, 0.4) is 0 Å². The molecule has 0 amide bonds. The van der Waals surface area contributed by atoms with Crippen molar-refractivity contribution in [2.24, 2.45) is 5.92 Å². The highest BCUT2D eigenvalue weighted by Crippen LogP contribution is 2.46. The van der Waals surface area contributed by atoms with E-state index in [-0.39, 0.29) is 0 Å². The zero-order valence-corrected chi connectivity index (χ0v) is 10.1. The molecule has 0 bridgehead atoms. The van der Waals surface area contributed by atoms with E-state index in [4.69, 9.17) is 4.52 Å². The van der Waals surface area contributed by atoms with Crippen LogP contribution in [0.15, 0.2) is 35.0 Å². The van der Waals surface area contributed by atoms with E-state index < -0.39 is 0 Å². The molecule has 90 valence electrons. The molecule has 1 saturated carbocycles. The quantitative estimate of drug-likeness (QED) is 0.746. The second kappa shape index (κ2) is 3.45. The molecule has 4 heteroatoms. The lowest BCUT2D eigenvalue weighted by Gasteiger charge is -1.94. The minimum atomic E-state index is 0.474. The minimum absolute atomic E-state index is 0.474. The van der Waals surface area contributed by atoms with E-state index in [2.05, 4.69) is 28.1 Å². The van der Waals surface area contributed by atoms with E-state index in [0.29, 0.717) is 17.7 Å². The molecule has 4 rings (SSSR count). The Balaban J connectivity index is 1.74. The van der Waals surface area contributed by atoms with Gasteiger partial charge in [0.05, 0.1) is 0 Å². The number of benzene rings is 1. The number of hydrogen-bond acceptors (Lipinski definition) is 3. The number of aromatic amines is 1. The first-order valence-electron chi connectivity index (χ1n) is 6.22. The fourth-order valence-electron chi connectivity index (χ4n) is 2.36. The molecule has 0 unspecified atom stereocenters. The van der Waals surface area contributed by atoms with Gasteiger partial charge >= 0.3 is 0 Å². The van der Waals surface area contributed by atoms with Crippen molar-refractivity contribution in [3.05, 3.63) is 36.4 Å². The largest absolute Gasteiger partial charge is 0.361 e. The Morgan fingerprint density at radius 2 is 2.22 bits per heavy atom. The molecule has 2 heterocycles. The smallest absolute Gasteiger partial charge is 0.230 e. The number of fused-ring (bicyclic) bond motifs is 1. The SMILES string of the molecule is C[C@H]1C[C@@H]1c1nc(-c2ccc3[nH]ccc3c2)no1. The Kier molecular flexibility index (Phi) is 1.89. The van der Waals surface area contributed by atoms with Gasteiger partial charge in [-0.2, -0.15) is 4.98 Å². The van der Waals surface area contributed by atoms with Gasteiger partial charge in [-0.15, -0.1) is 0 Å². The first-order valence-corrected chi connectivity index (χ1v) is 6.22. The van der Waals surface area contributed by atoms with Crippen molar-refractivity contribution >= 4 is 10.9 Å². The van der Waals surface area contributed by atoms with E-state index in [1.165, 1.54) is 11.8 Å². The normalized spacial score (nSPS) is 22.5. The van der Waals surface area contributed by atoms with Gasteiger partial charge in [0.25, 0.3) is 0 Å². The summed E-state index contributed by atoms with van der Waals surface area (Å²) in [6, 6.07) is 8.18. The van der Waals surface area contributed by atoms with Crippen molar-refractivity contribution in [1.29, 1.82) is 0 Å². The Labute approximate surface area is 104 Å². The highest BCUT2D eigenvalue weighted by Gasteiger charge is 2.38. The Morgan fingerprint density at radius 1 is 1.33 bits per heavy atom. The van der Waals surface area contributed by atoms with Crippen molar-refractivity contribution in [3.63, 3.8) is 0 Å². The van der Waals surface area contributed by atoms with E-state index in [1.54, 1.807) is 0 Å². The lowest BCUT2D eigenvalue weighted by molar-refractivity contribution is 0.377. The molecule has 0 spiro atoms. The van der Waals surface area contributed by atoms with Gasteiger partial charge in [-0.05, 0) is 36.6 Å². The van der Waals surface area contributed by atoms with Crippen molar-refractivity contribution in [1.82, 2.24) is 15.1 Å². The first kappa shape index (κ1) is 9.88. The molecule has 0 saturated heterocycles. The number of hydrogen-bond donors (Lipinski definition) is 1. The van der Waals surface area contributed by atoms with Crippen LogP contribution in [0.2, 0.25) is 0 Å². The molecule has 1 aromatic carbocycles. The average Bonchev–Trinajstić information content (AvgIpc) is 2.88. The number of rotatable bonds is 2. The van der Waals surface area contributed by atoms with Gasteiger partial charge in [0.15, 0.2) is 0 Å². The maximum absolute atomic E-state index is 5.34. The molecule has 0 aliphatic heterocycles. The molecule has 1 N–H and O–H groups in total. The van der Waals surface area contributed by atoms with Gasteiger partial charge in [-0.25, -0.2) is 0 Å². The van der Waals surface area contributed by atoms with E-state index in [0.717, 1.165) is 17.0 Å². The van der Waals surface area contributed by atoms with Crippen molar-refractivity contribution < 1.29 is 4.52 Å². The molecule has 1 fully saturated rings. The molecule has 4 nitrogen and oxygen atoms in total. The summed E-state index contributed by atoms with van der Waals surface area (Å²) in [5.74, 6) is 2.63. The predicted octanol–water partition coefficient (Wildman–Crippen LogP) is 3.34. The Hall–Kier alpha value is -2.10. The molecule has 3 aromatic rings. The van der Waals surface area contributed by atoms with Crippen LogP contribution in [-0.4, -0.2) is 15.1 Å². The number of nitrogens with one attached hydrogen (secondary N) is 1. The van der Waals surface area contributed by atoms with Crippen LogP contribution in [0.1, 0.15) is 25.2 Å². The maximum atomic E-state index is 5.34. The second-order valence-corrected chi connectivity index (χ2v) is 5.06. The zero-order chi connectivity index (χ0) is 12.1. The third-order valence-electron chi connectivity index (χ3n) is 3.68. The summed E-state index contributed by atoms with van der Waals surface area (Å²) >= 11 is 0. The minimum Gasteiger partial charge on any atom is -0.361 e. The first-order chi connectivity index (χ1) is 8.81. The summed E-state index contributed by atoms with van der Waals surface area (Å²) in [4.78, 5) is 7.67. The third-order valence-corrected chi connectivity index (χ3v) is 3.68. The standard InChI is InChI=1S/C14H13N3O/c1-8-6-11(8)14-16-13(17-18-14)10-2-3-12-9(7-10)4-5-15-12/h2-5,7-8,11,15H,6H2,1H3/t8-,11-/m0/s1. The van der Waals surface area contributed by atoms with Crippen LogP contribution < -0.4 is 0 Å². The summed E-state index contributed by atoms with van der Waals surface area (Å²) in [6.07, 6.45) is 3.10. The highest BCUT2D eigenvalue weighted by molar-refractivity contribution is 5.83. The van der Waals surface area contributed by atoms with Gasteiger partial charge in [0, 0.05) is 28.6 Å². The lowest BCUT2D eigenvalue weighted by atomic mass is 10.1. The highest BCUT2D eigenvalue weighted by atomic mass is 16.5. The second-order valence-electron chi connectivity index (χ2n) is 5.06. The number of aromatic nitrogens is 3. The summed E-state index contributed by atoms with van der Waals surface area (Å²) in [5.41, 5.74) is 2.13. The molecule has 18 heavy (non-hydrogen) atoms. The predicted molar refractivity (Wildman–Crippen MR) is 68.1 cm³/mol. The Morgan fingerprint density at radius 3 is 3.06 bits per heavy atom. The molecule has 1 aliphatic rings. The van der Waals surface area contributed by atoms with Crippen molar-refractivity contribution in [3.8, 4) is 11.4 Å². The number of nitrogens with zero attached hydrogens (tertiary/aromatic N) is 2. The van der Waals surface area contributed by atoms with Gasteiger partial charge in [0.2, 0.25) is 11.7 Å². The van der Waals surface area contributed by atoms with Crippen molar-refractivity contribution in [2.45, 2.75) is 19.3 Å². The van der Waals surface area contributed by atoms with Crippen LogP contribution in [-0.2, 0) is 0 Å². The topological polar surface area (TPSA) is 54.7 Å². The maximum Gasteiger partial charge on any atom is 0.230 e. The van der Waals surface area contributed by atoms with Gasteiger partial charge in [0.1, 0.15) is 0 Å². The molecule has 0 radical (unpaired) electrons. The van der Waals surface area contributed by atoms with Gasteiger partial charge in [-0.3, -0.25) is 0 Å². The van der Waals surface area contributed by atoms with Crippen LogP contribution in [0.5, 0.6) is 0 Å². The van der Waals surface area contributed by atoms with Gasteiger partial charge < -0.3 is 9.51 Å². The lowest BCUT2D eigenvalue weighted by Crippen LogP contribution is -1.83. The molecular formula is C14H13N3O. The zero-order valence-electron chi connectivity index (χ0n) is 10.1. The van der Waals surface area contributed by atoms with Crippen LogP contribution in [0.25, 0.3) is 22.3 Å².